The lowest BCUT2D eigenvalue weighted by atomic mass is 10.2. The van der Waals surface area contributed by atoms with Gasteiger partial charge in [0.05, 0.1) is 12.7 Å². The first-order valence-electron chi connectivity index (χ1n) is 6.15. The Hall–Kier alpha value is -2.07. The van der Waals surface area contributed by atoms with Crippen molar-refractivity contribution in [3.63, 3.8) is 0 Å². The lowest BCUT2D eigenvalue weighted by Gasteiger charge is -2.05. The molecule has 3 rings (SSSR count). The Labute approximate surface area is 116 Å². The molecule has 0 amide bonds. The second kappa shape index (κ2) is 4.90. The number of nitrogens with zero attached hydrogens (tertiary/aromatic N) is 2. The molecule has 3 nitrogen and oxygen atoms in total. The highest BCUT2D eigenvalue weighted by molar-refractivity contribution is 7.14. The molecule has 0 aliphatic carbocycles. The molecule has 0 spiro atoms. The summed E-state index contributed by atoms with van der Waals surface area (Å²) in [6.07, 6.45) is 1.92. The van der Waals surface area contributed by atoms with E-state index in [0.717, 1.165) is 17.8 Å². The number of hydrogen-bond acceptors (Lipinski definition) is 3. The van der Waals surface area contributed by atoms with E-state index >= 15 is 0 Å². The third kappa shape index (κ3) is 2.39. The van der Waals surface area contributed by atoms with Gasteiger partial charge in [-0.15, -0.1) is 11.3 Å². The Bertz CT molecular complexity index is 682. The minimum Gasteiger partial charge on any atom is -0.398 e. The van der Waals surface area contributed by atoms with Crippen LogP contribution in [-0.2, 0) is 6.54 Å². The summed E-state index contributed by atoms with van der Waals surface area (Å²) in [7, 11) is 0. The van der Waals surface area contributed by atoms with Crippen molar-refractivity contribution in [1.29, 1.82) is 0 Å². The first kappa shape index (κ1) is 12.0. The molecule has 2 aromatic heterocycles. The van der Waals surface area contributed by atoms with E-state index in [-0.39, 0.29) is 0 Å². The minimum absolute atomic E-state index is 0.799. The summed E-state index contributed by atoms with van der Waals surface area (Å²) in [6, 6.07) is 12.4. The summed E-state index contributed by atoms with van der Waals surface area (Å²) in [4.78, 5) is 1.18. The molecule has 0 bridgehead atoms. The van der Waals surface area contributed by atoms with Gasteiger partial charge < -0.3 is 5.73 Å². The number of benzene rings is 1. The summed E-state index contributed by atoms with van der Waals surface area (Å²) in [5.74, 6) is 0. The van der Waals surface area contributed by atoms with E-state index < -0.39 is 0 Å². The van der Waals surface area contributed by atoms with Crippen LogP contribution in [0.4, 0.5) is 5.69 Å². The Kier molecular flexibility index (Phi) is 3.09. The molecule has 0 radical (unpaired) electrons. The number of nitrogen functional groups attached to an aromatic ring is 1. The molecular weight excluding hydrogens is 254 g/mol. The predicted molar refractivity (Wildman–Crippen MR) is 80.2 cm³/mol. The number of hydrogen-bond donors (Lipinski definition) is 1. The molecule has 0 atom stereocenters. The maximum atomic E-state index is 5.78. The highest BCUT2D eigenvalue weighted by atomic mass is 32.1. The predicted octanol–water partition coefficient (Wildman–Crippen LogP) is 3.55. The normalized spacial score (nSPS) is 10.8. The van der Waals surface area contributed by atoms with Crippen molar-refractivity contribution < 1.29 is 0 Å². The van der Waals surface area contributed by atoms with E-state index in [9.17, 15) is 0 Å². The van der Waals surface area contributed by atoms with Crippen LogP contribution in [0.2, 0.25) is 0 Å². The van der Waals surface area contributed by atoms with Crippen molar-refractivity contribution in [3.05, 3.63) is 59.2 Å². The molecule has 0 saturated heterocycles. The van der Waals surface area contributed by atoms with Gasteiger partial charge in [-0.2, -0.15) is 5.10 Å². The third-order valence-electron chi connectivity index (χ3n) is 3.16. The molecule has 2 N–H and O–H groups in total. The van der Waals surface area contributed by atoms with Crippen LogP contribution < -0.4 is 5.73 Å². The quantitative estimate of drug-likeness (QED) is 0.790. The van der Waals surface area contributed by atoms with Crippen LogP contribution in [0.15, 0.2) is 48.0 Å². The van der Waals surface area contributed by atoms with Crippen LogP contribution in [0.3, 0.4) is 0 Å². The van der Waals surface area contributed by atoms with Gasteiger partial charge in [-0.3, -0.25) is 4.68 Å². The summed E-state index contributed by atoms with van der Waals surface area (Å²) >= 11 is 1.66. The molecule has 0 unspecified atom stereocenters. The van der Waals surface area contributed by atoms with E-state index in [1.807, 2.05) is 28.4 Å². The first-order valence-corrected chi connectivity index (χ1v) is 7.03. The maximum absolute atomic E-state index is 5.78. The molecule has 0 saturated carbocycles. The fourth-order valence-corrected chi connectivity index (χ4v) is 2.96. The highest BCUT2D eigenvalue weighted by Gasteiger charge is 2.10. The van der Waals surface area contributed by atoms with E-state index in [0.29, 0.717) is 0 Å². The maximum Gasteiger partial charge on any atom is 0.0662 e. The Morgan fingerprint density at radius 1 is 1.26 bits per heavy atom. The van der Waals surface area contributed by atoms with Gasteiger partial charge in [0.2, 0.25) is 0 Å². The van der Waals surface area contributed by atoms with Crippen LogP contribution in [0.1, 0.15) is 11.3 Å². The zero-order chi connectivity index (χ0) is 13.2. The average molecular weight is 269 g/mol. The Morgan fingerprint density at radius 2 is 2.05 bits per heavy atom. The number of nitrogens with two attached hydrogens (primary N) is 1. The topological polar surface area (TPSA) is 43.8 Å². The SMILES string of the molecule is Cc1c(-c2cc(N)cs2)cnn1Cc1ccccc1. The van der Waals surface area contributed by atoms with E-state index in [1.165, 1.54) is 16.1 Å². The molecular formula is C15H15N3S. The molecule has 2 heterocycles. The smallest absolute Gasteiger partial charge is 0.0662 e. The largest absolute Gasteiger partial charge is 0.398 e. The Balaban J connectivity index is 1.91. The van der Waals surface area contributed by atoms with E-state index in [1.54, 1.807) is 11.3 Å². The second-order valence-electron chi connectivity index (χ2n) is 4.53. The van der Waals surface area contributed by atoms with Crippen molar-refractivity contribution in [2.75, 3.05) is 5.73 Å². The number of thiophene rings is 1. The zero-order valence-electron chi connectivity index (χ0n) is 10.7. The Morgan fingerprint density at radius 3 is 2.74 bits per heavy atom. The molecule has 0 fully saturated rings. The molecule has 1 aromatic carbocycles. The van der Waals surface area contributed by atoms with Gasteiger partial charge in [0.1, 0.15) is 0 Å². The fourth-order valence-electron chi connectivity index (χ4n) is 2.10. The van der Waals surface area contributed by atoms with Crippen LogP contribution in [0.5, 0.6) is 0 Å². The summed E-state index contributed by atoms with van der Waals surface area (Å²) < 4.78 is 2.03. The average Bonchev–Trinajstić information content (AvgIpc) is 2.99. The molecule has 19 heavy (non-hydrogen) atoms. The fraction of sp³-hybridized carbons (Fsp3) is 0.133. The van der Waals surface area contributed by atoms with Crippen LogP contribution in [-0.4, -0.2) is 9.78 Å². The molecule has 4 heteroatoms. The third-order valence-corrected chi connectivity index (χ3v) is 4.15. The number of anilines is 1. The second-order valence-corrected chi connectivity index (χ2v) is 5.44. The van der Waals surface area contributed by atoms with Crippen molar-refractivity contribution in [3.8, 4) is 10.4 Å². The zero-order valence-corrected chi connectivity index (χ0v) is 11.5. The molecule has 96 valence electrons. The summed E-state index contributed by atoms with van der Waals surface area (Å²) in [5, 5.41) is 6.44. The van der Waals surface area contributed by atoms with Crippen LogP contribution in [0.25, 0.3) is 10.4 Å². The standard InChI is InChI=1S/C15H15N3S/c1-11-14(15-7-13(16)10-19-15)8-17-18(11)9-12-5-3-2-4-6-12/h2-8,10H,9,16H2,1H3. The summed E-state index contributed by atoms with van der Waals surface area (Å²) in [5.41, 5.74) is 10.2. The van der Waals surface area contributed by atoms with Crippen molar-refractivity contribution in [2.45, 2.75) is 13.5 Å². The molecule has 3 aromatic rings. The first-order chi connectivity index (χ1) is 9.24. The van der Waals surface area contributed by atoms with Crippen LogP contribution >= 0.6 is 11.3 Å². The van der Waals surface area contributed by atoms with E-state index in [4.69, 9.17) is 5.73 Å². The van der Waals surface area contributed by atoms with Gasteiger partial charge >= 0.3 is 0 Å². The van der Waals surface area contributed by atoms with Crippen molar-refractivity contribution in [1.82, 2.24) is 9.78 Å². The van der Waals surface area contributed by atoms with Gasteiger partial charge in [0.25, 0.3) is 0 Å². The monoisotopic (exact) mass is 269 g/mol. The number of rotatable bonds is 3. The van der Waals surface area contributed by atoms with Gasteiger partial charge in [-0.05, 0) is 18.6 Å². The van der Waals surface area contributed by atoms with Crippen LogP contribution in [0, 0.1) is 6.92 Å². The lowest BCUT2D eigenvalue weighted by molar-refractivity contribution is 0.665. The molecule has 0 aliphatic rings. The lowest BCUT2D eigenvalue weighted by Crippen LogP contribution is -2.03. The van der Waals surface area contributed by atoms with Gasteiger partial charge in [-0.1, -0.05) is 30.3 Å². The molecule has 0 aliphatic heterocycles. The van der Waals surface area contributed by atoms with Crippen molar-refractivity contribution in [2.24, 2.45) is 0 Å². The van der Waals surface area contributed by atoms with Gasteiger partial charge in [0.15, 0.2) is 0 Å². The van der Waals surface area contributed by atoms with Gasteiger partial charge in [-0.25, -0.2) is 0 Å². The van der Waals surface area contributed by atoms with E-state index in [2.05, 4.69) is 36.3 Å². The number of aromatic nitrogens is 2. The van der Waals surface area contributed by atoms with Crippen molar-refractivity contribution >= 4 is 17.0 Å². The van der Waals surface area contributed by atoms with Gasteiger partial charge in [0, 0.05) is 27.2 Å². The highest BCUT2D eigenvalue weighted by Crippen LogP contribution is 2.30. The summed E-state index contributed by atoms with van der Waals surface area (Å²) in [6.45, 7) is 2.90. The minimum atomic E-state index is 0.799.